The summed E-state index contributed by atoms with van der Waals surface area (Å²) >= 11 is 0. The van der Waals surface area contributed by atoms with Crippen molar-refractivity contribution in [2.45, 2.75) is 30.7 Å². The molecule has 5 nitrogen and oxygen atoms in total. The summed E-state index contributed by atoms with van der Waals surface area (Å²) in [7, 11) is -1.72. The van der Waals surface area contributed by atoms with E-state index in [-0.39, 0.29) is 5.03 Å². The van der Waals surface area contributed by atoms with Crippen LogP contribution >= 0.6 is 0 Å². The fourth-order valence-corrected chi connectivity index (χ4v) is 4.71. The van der Waals surface area contributed by atoms with Gasteiger partial charge < -0.3 is 0 Å². The van der Waals surface area contributed by atoms with Gasteiger partial charge in [0, 0.05) is 13.6 Å². The number of hydrogen-bond donors (Lipinski definition) is 1. The van der Waals surface area contributed by atoms with Crippen molar-refractivity contribution in [2.24, 2.45) is 17.8 Å². The van der Waals surface area contributed by atoms with Crippen molar-refractivity contribution in [1.82, 2.24) is 14.5 Å². The molecular weight excluding hydrogens is 250 g/mol. The normalized spacial score (nSPS) is 31.3. The highest BCUT2D eigenvalue weighted by molar-refractivity contribution is 7.89. The number of nitrogens with one attached hydrogen (secondary N) is 1. The van der Waals surface area contributed by atoms with Crippen molar-refractivity contribution < 1.29 is 8.42 Å². The monoisotopic (exact) mass is 269 g/mol. The molecule has 1 aromatic rings. The van der Waals surface area contributed by atoms with Gasteiger partial charge in [-0.2, -0.15) is 9.40 Å². The zero-order chi connectivity index (χ0) is 12.8. The van der Waals surface area contributed by atoms with Crippen molar-refractivity contribution in [3.8, 4) is 0 Å². The molecule has 0 aliphatic heterocycles. The first-order valence-electron chi connectivity index (χ1n) is 6.53. The van der Waals surface area contributed by atoms with Gasteiger partial charge in [-0.1, -0.05) is 6.42 Å². The summed E-state index contributed by atoms with van der Waals surface area (Å²) in [5.74, 6) is 2.14. The average molecular weight is 269 g/mol. The molecule has 0 radical (unpaired) electrons. The molecule has 100 valence electrons. The van der Waals surface area contributed by atoms with Crippen molar-refractivity contribution in [3.05, 3.63) is 12.3 Å². The van der Waals surface area contributed by atoms with Crippen LogP contribution in [0.3, 0.4) is 0 Å². The molecule has 1 aromatic heterocycles. The summed E-state index contributed by atoms with van der Waals surface area (Å²) < 4.78 is 26.0. The smallest absolute Gasteiger partial charge is 0.259 e. The molecule has 1 heterocycles. The molecule has 0 saturated heterocycles. The zero-order valence-corrected chi connectivity index (χ0v) is 11.4. The first kappa shape index (κ1) is 12.2. The lowest BCUT2D eigenvalue weighted by Crippen LogP contribution is -2.34. The van der Waals surface area contributed by atoms with Crippen LogP contribution in [-0.2, 0) is 10.0 Å². The summed E-state index contributed by atoms with van der Waals surface area (Å²) in [6, 6.07) is 1.51. The van der Waals surface area contributed by atoms with Gasteiger partial charge in [0.05, 0.1) is 6.20 Å². The van der Waals surface area contributed by atoms with Crippen LogP contribution in [0.15, 0.2) is 17.3 Å². The Hall–Kier alpha value is -0.880. The number of nitrogens with zero attached hydrogens (tertiary/aromatic N) is 2. The third-order valence-corrected chi connectivity index (χ3v) is 6.29. The lowest BCUT2D eigenvalue weighted by molar-refractivity contribution is 0.280. The zero-order valence-electron chi connectivity index (χ0n) is 10.5. The van der Waals surface area contributed by atoms with Crippen LogP contribution < -0.4 is 0 Å². The number of fused-ring (bicyclic) bond motifs is 2. The maximum Gasteiger partial charge on any atom is 0.259 e. The van der Waals surface area contributed by atoms with Crippen LogP contribution in [0, 0.1) is 17.8 Å². The minimum Gasteiger partial charge on any atom is -0.266 e. The summed E-state index contributed by atoms with van der Waals surface area (Å²) in [6.07, 6.45) is 6.61. The highest BCUT2D eigenvalue weighted by atomic mass is 32.2. The van der Waals surface area contributed by atoms with E-state index >= 15 is 0 Å². The Morgan fingerprint density at radius 3 is 2.83 bits per heavy atom. The van der Waals surface area contributed by atoms with Crippen molar-refractivity contribution >= 4 is 10.0 Å². The third kappa shape index (κ3) is 1.97. The molecule has 3 rings (SSSR count). The second-order valence-corrected chi connectivity index (χ2v) is 7.65. The predicted molar refractivity (Wildman–Crippen MR) is 67.3 cm³/mol. The summed E-state index contributed by atoms with van der Waals surface area (Å²) in [5, 5.41) is 6.44. The van der Waals surface area contributed by atoms with Gasteiger partial charge in [-0.25, -0.2) is 8.42 Å². The number of rotatable bonds is 4. The van der Waals surface area contributed by atoms with Gasteiger partial charge in [0.15, 0.2) is 5.03 Å². The van der Waals surface area contributed by atoms with Crippen LogP contribution in [0.25, 0.3) is 0 Å². The molecule has 2 bridgehead atoms. The van der Waals surface area contributed by atoms with Crippen LogP contribution in [0.5, 0.6) is 0 Å². The standard InChI is InChI=1S/C12H19N3O2S/c1-15(18(16,17)12-4-5-13-14-12)8-11-7-9-2-3-10(11)6-9/h4-5,9-11H,2-3,6-8H2,1H3,(H,13,14). The van der Waals surface area contributed by atoms with E-state index in [4.69, 9.17) is 0 Å². The summed E-state index contributed by atoms with van der Waals surface area (Å²) in [5.41, 5.74) is 0. The number of H-pyrrole nitrogens is 1. The van der Waals surface area contributed by atoms with Gasteiger partial charge in [0.25, 0.3) is 10.0 Å². The van der Waals surface area contributed by atoms with E-state index in [0.29, 0.717) is 12.5 Å². The molecule has 3 atom stereocenters. The maximum absolute atomic E-state index is 12.2. The first-order valence-corrected chi connectivity index (χ1v) is 7.97. The van der Waals surface area contributed by atoms with Crippen LogP contribution in [-0.4, -0.2) is 36.5 Å². The quantitative estimate of drug-likeness (QED) is 0.900. The highest BCUT2D eigenvalue weighted by Crippen LogP contribution is 2.48. The minimum absolute atomic E-state index is 0.188. The van der Waals surface area contributed by atoms with E-state index in [1.807, 2.05) is 0 Å². The number of aromatic nitrogens is 2. The predicted octanol–water partition coefficient (Wildman–Crippen LogP) is 1.47. The number of sulfonamides is 1. The fourth-order valence-electron chi connectivity index (χ4n) is 3.58. The van der Waals surface area contributed by atoms with Gasteiger partial charge in [0.1, 0.15) is 0 Å². The van der Waals surface area contributed by atoms with Crippen molar-refractivity contribution in [2.75, 3.05) is 13.6 Å². The Kier molecular flexibility index (Phi) is 2.94. The van der Waals surface area contributed by atoms with E-state index in [2.05, 4.69) is 10.2 Å². The Morgan fingerprint density at radius 1 is 1.44 bits per heavy atom. The van der Waals surface area contributed by atoms with E-state index in [1.165, 1.54) is 42.3 Å². The summed E-state index contributed by atoms with van der Waals surface area (Å²) in [4.78, 5) is 0. The van der Waals surface area contributed by atoms with E-state index in [0.717, 1.165) is 11.8 Å². The third-order valence-electron chi connectivity index (χ3n) is 4.54. The van der Waals surface area contributed by atoms with Crippen molar-refractivity contribution in [1.29, 1.82) is 0 Å². The van der Waals surface area contributed by atoms with Crippen molar-refractivity contribution in [3.63, 3.8) is 0 Å². The molecule has 0 aromatic carbocycles. The average Bonchev–Trinajstić information content (AvgIpc) is 3.06. The number of hydrogen-bond acceptors (Lipinski definition) is 3. The molecule has 2 aliphatic carbocycles. The highest BCUT2D eigenvalue weighted by Gasteiger charge is 2.40. The fraction of sp³-hybridized carbons (Fsp3) is 0.750. The van der Waals surface area contributed by atoms with Gasteiger partial charge in [0.2, 0.25) is 0 Å². The second-order valence-electron chi connectivity index (χ2n) is 5.64. The molecule has 2 aliphatic rings. The lowest BCUT2D eigenvalue weighted by atomic mass is 9.89. The van der Waals surface area contributed by atoms with Gasteiger partial charge in [-0.3, -0.25) is 5.10 Å². The Bertz CT molecular complexity index is 511. The van der Waals surface area contributed by atoms with E-state index in [1.54, 1.807) is 7.05 Å². The Balaban J connectivity index is 1.70. The molecule has 0 spiro atoms. The first-order chi connectivity index (χ1) is 8.57. The molecule has 18 heavy (non-hydrogen) atoms. The van der Waals surface area contributed by atoms with Crippen LogP contribution in [0.4, 0.5) is 0 Å². The molecule has 0 amide bonds. The van der Waals surface area contributed by atoms with E-state index in [9.17, 15) is 8.42 Å². The second kappa shape index (κ2) is 4.35. The van der Waals surface area contributed by atoms with Gasteiger partial charge in [-0.15, -0.1) is 0 Å². The molecule has 2 fully saturated rings. The van der Waals surface area contributed by atoms with Crippen LogP contribution in [0.1, 0.15) is 25.7 Å². The molecule has 1 N–H and O–H groups in total. The summed E-state index contributed by atoms with van der Waals surface area (Å²) in [6.45, 7) is 0.641. The molecule has 3 unspecified atom stereocenters. The molecule has 6 heteroatoms. The Morgan fingerprint density at radius 2 is 2.28 bits per heavy atom. The largest absolute Gasteiger partial charge is 0.266 e. The number of aromatic amines is 1. The van der Waals surface area contributed by atoms with Crippen LogP contribution in [0.2, 0.25) is 0 Å². The van der Waals surface area contributed by atoms with E-state index < -0.39 is 10.0 Å². The SMILES string of the molecule is CN(CC1CC2CCC1C2)S(=O)(=O)c1ccn[nH]1. The Labute approximate surface area is 108 Å². The maximum atomic E-state index is 12.2. The van der Waals surface area contributed by atoms with Gasteiger partial charge >= 0.3 is 0 Å². The minimum atomic E-state index is -3.38. The molecular formula is C12H19N3O2S. The lowest BCUT2D eigenvalue weighted by Gasteiger charge is -2.26. The topological polar surface area (TPSA) is 66.1 Å². The van der Waals surface area contributed by atoms with Gasteiger partial charge in [-0.05, 0) is 43.1 Å². The molecule has 2 saturated carbocycles.